The molecule has 1 aromatic heterocycles. The summed E-state index contributed by atoms with van der Waals surface area (Å²) < 4.78 is 11.4. The fourth-order valence-electron chi connectivity index (χ4n) is 3.03. The van der Waals surface area contributed by atoms with E-state index in [1.54, 1.807) is 32.9 Å². The summed E-state index contributed by atoms with van der Waals surface area (Å²) in [5.74, 6) is -1.12. The van der Waals surface area contributed by atoms with Crippen molar-refractivity contribution in [1.29, 1.82) is 0 Å². The molecule has 0 unspecified atom stereocenters. The van der Waals surface area contributed by atoms with E-state index < -0.39 is 35.6 Å². The maximum Gasteiger partial charge on any atom is 0.408 e. The maximum absolute atomic E-state index is 12.8. The van der Waals surface area contributed by atoms with Gasteiger partial charge in [-0.3, -0.25) is 14.9 Å². The lowest BCUT2D eigenvalue weighted by Crippen LogP contribution is -2.44. The second-order valence-corrected chi connectivity index (χ2v) is 10.6. The number of ether oxygens (including phenoxy) is 2. The first kappa shape index (κ1) is 30.3. The first-order chi connectivity index (χ1) is 18.8. The molecule has 0 fully saturated rings. The molecule has 3 rings (SSSR count). The lowest BCUT2D eigenvalue weighted by atomic mass is 10.1. The monoisotopic (exact) mass is 632 g/mol. The van der Waals surface area contributed by atoms with Gasteiger partial charge in [-0.2, -0.15) is 0 Å². The van der Waals surface area contributed by atoms with E-state index in [1.807, 2.05) is 0 Å². The molecule has 40 heavy (non-hydrogen) atoms. The fourth-order valence-corrected chi connectivity index (χ4v) is 3.45. The Hall–Kier alpha value is -4.23. The van der Waals surface area contributed by atoms with Crippen LogP contribution in [0.1, 0.15) is 38.1 Å². The summed E-state index contributed by atoms with van der Waals surface area (Å²) in [7, 11) is 0. The molecule has 3 aromatic rings. The Kier molecular flexibility index (Phi) is 10.0. The van der Waals surface area contributed by atoms with Gasteiger partial charge in [0.2, 0.25) is 5.91 Å². The molecule has 2 aromatic carbocycles. The van der Waals surface area contributed by atoms with Gasteiger partial charge in [-0.25, -0.2) is 19.6 Å². The van der Waals surface area contributed by atoms with Gasteiger partial charge in [-0.1, -0.05) is 23.7 Å². The van der Waals surface area contributed by atoms with Crippen molar-refractivity contribution < 1.29 is 28.7 Å². The minimum absolute atomic E-state index is 0.0201. The highest BCUT2D eigenvalue weighted by molar-refractivity contribution is 9.10. The number of anilines is 2. The lowest BCUT2D eigenvalue weighted by Gasteiger charge is -2.22. The molecule has 5 amide bonds. The van der Waals surface area contributed by atoms with Crippen LogP contribution in [-0.4, -0.2) is 45.5 Å². The van der Waals surface area contributed by atoms with Gasteiger partial charge in [0.05, 0.1) is 20.7 Å². The quantitative estimate of drug-likeness (QED) is 0.265. The number of para-hydroxylation sites is 1. The zero-order valence-corrected chi connectivity index (χ0v) is 24.2. The number of rotatable bonds is 7. The Balaban J connectivity index is 1.60. The molecule has 0 aliphatic rings. The van der Waals surface area contributed by atoms with E-state index in [-0.39, 0.29) is 33.7 Å². The van der Waals surface area contributed by atoms with Crippen LogP contribution in [0.15, 0.2) is 59.3 Å². The van der Waals surface area contributed by atoms with Crippen molar-refractivity contribution in [2.45, 2.75) is 39.3 Å². The van der Waals surface area contributed by atoms with Gasteiger partial charge in [0, 0.05) is 18.1 Å². The Morgan fingerprint density at radius 3 is 2.33 bits per heavy atom. The van der Waals surface area contributed by atoms with E-state index in [1.165, 1.54) is 49.6 Å². The molecule has 0 saturated heterocycles. The van der Waals surface area contributed by atoms with Crippen molar-refractivity contribution >= 4 is 62.8 Å². The molecule has 0 bridgehead atoms. The third kappa shape index (κ3) is 9.20. The summed E-state index contributed by atoms with van der Waals surface area (Å²) in [6.45, 7) is 6.55. The van der Waals surface area contributed by atoms with Crippen LogP contribution in [0.4, 0.5) is 21.0 Å². The van der Waals surface area contributed by atoms with Crippen LogP contribution >= 0.6 is 27.5 Å². The number of imide groups is 1. The molecule has 0 radical (unpaired) electrons. The largest absolute Gasteiger partial charge is 0.444 e. The van der Waals surface area contributed by atoms with E-state index >= 15 is 0 Å². The third-order valence-electron chi connectivity index (χ3n) is 4.77. The average Bonchev–Trinajstić information content (AvgIpc) is 2.86. The highest BCUT2D eigenvalue weighted by atomic mass is 79.9. The van der Waals surface area contributed by atoms with Gasteiger partial charge < -0.3 is 25.4 Å². The van der Waals surface area contributed by atoms with Crippen molar-refractivity contribution in [2.75, 3.05) is 10.6 Å². The van der Waals surface area contributed by atoms with Crippen LogP contribution in [0.2, 0.25) is 5.02 Å². The Morgan fingerprint density at radius 1 is 1.00 bits per heavy atom. The molecular weight excluding hydrogens is 608 g/mol. The number of carbonyl (C=O) groups excluding carboxylic acids is 4. The van der Waals surface area contributed by atoms with Crippen LogP contribution in [0.5, 0.6) is 11.8 Å². The van der Waals surface area contributed by atoms with E-state index in [2.05, 4.69) is 47.2 Å². The number of carbonyl (C=O) groups is 4. The second kappa shape index (κ2) is 13.2. The number of aromatic nitrogens is 2. The molecule has 0 aliphatic carbocycles. The summed E-state index contributed by atoms with van der Waals surface area (Å²) in [6, 6.07) is 8.79. The first-order valence-electron chi connectivity index (χ1n) is 11.8. The summed E-state index contributed by atoms with van der Waals surface area (Å²) in [5, 5.41) is 9.86. The lowest BCUT2D eigenvalue weighted by molar-refractivity contribution is -0.117. The Labute approximate surface area is 243 Å². The van der Waals surface area contributed by atoms with Crippen LogP contribution in [0.25, 0.3) is 0 Å². The van der Waals surface area contributed by atoms with Crippen molar-refractivity contribution in [3.05, 3.63) is 69.9 Å². The number of urea groups is 1. The smallest absolute Gasteiger partial charge is 0.408 e. The third-order valence-corrected chi connectivity index (χ3v) is 5.48. The van der Waals surface area contributed by atoms with Gasteiger partial charge in [0.25, 0.3) is 5.91 Å². The number of benzene rings is 2. The molecule has 1 heterocycles. The van der Waals surface area contributed by atoms with Gasteiger partial charge >= 0.3 is 18.1 Å². The van der Waals surface area contributed by atoms with Crippen LogP contribution in [0, 0.1) is 0 Å². The zero-order chi connectivity index (χ0) is 29.4. The average molecular weight is 634 g/mol. The number of nitrogens with zero attached hydrogens (tertiary/aromatic N) is 2. The number of alkyl carbamates (subject to hydrolysis) is 1. The Morgan fingerprint density at radius 2 is 1.68 bits per heavy atom. The summed E-state index contributed by atoms with van der Waals surface area (Å²) >= 11 is 9.48. The second-order valence-electron chi connectivity index (χ2n) is 9.24. The molecule has 210 valence electrons. The normalized spacial score (nSPS) is 11.6. The van der Waals surface area contributed by atoms with E-state index in [0.717, 1.165) is 0 Å². The number of hydrogen-bond acceptors (Lipinski definition) is 8. The van der Waals surface area contributed by atoms with Gasteiger partial charge in [0.1, 0.15) is 17.4 Å². The molecule has 1 atom stereocenters. The van der Waals surface area contributed by atoms with E-state index in [4.69, 9.17) is 21.1 Å². The number of halogens is 2. The highest BCUT2D eigenvalue weighted by Crippen LogP contribution is 2.30. The van der Waals surface area contributed by atoms with E-state index in [0.29, 0.717) is 4.47 Å². The summed E-state index contributed by atoms with van der Waals surface area (Å²) in [6.07, 6.45) is 2.26. The predicted octanol–water partition coefficient (Wildman–Crippen LogP) is 5.50. The summed E-state index contributed by atoms with van der Waals surface area (Å²) in [4.78, 5) is 57.9. The van der Waals surface area contributed by atoms with Crippen LogP contribution < -0.4 is 26.0 Å². The topological polar surface area (TPSA) is 161 Å². The van der Waals surface area contributed by atoms with Crippen LogP contribution in [-0.2, 0) is 9.53 Å². The van der Waals surface area contributed by atoms with Crippen molar-refractivity contribution in [3.8, 4) is 11.8 Å². The molecule has 0 aliphatic heterocycles. The predicted molar refractivity (Wildman–Crippen MR) is 152 cm³/mol. The molecule has 0 spiro atoms. The SMILES string of the molecule is C[C@H](NC(=O)OC(C)(C)C)C(=O)Nc1ccccc1C(=O)NC(=O)Nc1ccc(Oc2ncc(Br)cn2)c(Cl)c1. The maximum atomic E-state index is 12.8. The van der Waals surface area contributed by atoms with Crippen LogP contribution in [0.3, 0.4) is 0 Å². The Bertz CT molecular complexity index is 1410. The highest BCUT2D eigenvalue weighted by Gasteiger charge is 2.23. The minimum atomic E-state index is -0.971. The molecule has 4 N–H and O–H groups in total. The molecular formula is C26H26BrClN6O6. The van der Waals surface area contributed by atoms with Gasteiger partial charge in [-0.05, 0) is 74.0 Å². The van der Waals surface area contributed by atoms with Crippen molar-refractivity contribution in [1.82, 2.24) is 20.6 Å². The molecule has 12 nitrogen and oxygen atoms in total. The van der Waals surface area contributed by atoms with Crippen molar-refractivity contribution in [3.63, 3.8) is 0 Å². The standard InChI is InChI=1S/C26H26BrClN6O6/c1-14(31-25(38)40-26(2,3)4)21(35)33-19-8-6-5-7-17(19)22(36)34-23(37)32-16-9-10-20(18(28)11-16)39-24-29-12-15(27)13-30-24/h5-14H,1-4H3,(H,31,38)(H,33,35)(H2,32,34,36,37)/t14-/m0/s1. The minimum Gasteiger partial charge on any atom is -0.444 e. The number of hydrogen-bond donors (Lipinski definition) is 4. The van der Waals surface area contributed by atoms with Crippen molar-refractivity contribution in [2.24, 2.45) is 0 Å². The van der Waals surface area contributed by atoms with Gasteiger partial charge in [-0.15, -0.1) is 0 Å². The fraction of sp³-hybridized carbons (Fsp3) is 0.231. The summed E-state index contributed by atoms with van der Waals surface area (Å²) in [5.41, 5.74) is -0.299. The number of nitrogens with one attached hydrogen (secondary N) is 4. The van der Waals surface area contributed by atoms with E-state index in [9.17, 15) is 19.2 Å². The molecule has 0 saturated carbocycles. The molecule has 14 heteroatoms. The zero-order valence-electron chi connectivity index (χ0n) is 21.9. The number of amides is 5. The first-order valence-corrected chi connectivity index (χ1v) is 12.9. The van der Waals surface area contributed by atoms with Gasteiger partial charge in [0.15, 0.2) is 0 Å².